The van der Waals surface area contributed by atoms with Crippen LogP contribution in [0.2, 0.25) is 0 Å². The van der Waals surface area contributed by atoms with Crippen LogP contribution < -0.4 is 0 Å². The van der Waals surface area contributed by atoms with Gasteiger partial charge in [-0.1, -0.05) is 60.7 Å². The normalized spacial score (nSPS) is 14.7. The lowest BCUT2D eigenvalue weighted by molar-refractivity contribution is -0.136. The SMILES string of the molecule is CN(CCOC(c1ccccc1)c1ccccc1)CC(=O)N1CCOCC1. The number of rotatable bonds is 8. The van der Waals surface area contributed by atoms with E-state index in [4.69, 9.17) is 9.47 Å². The fraction of sp³-hybridized carbons (Fsp3) is 0.409. The van der Waals surface area contributed by atoms with Crippen LogP contribution in [-0.2, 0) is 14.3 Å². The van der Waals surface area contributed by atoms with Crippen molar-refractivity contribution in [2.24, 2.45) is 0 Å². The van der Waals surface area contributed by atoms with Crippen molar-refractivity contribution in [1.82, 2.24) is 9.80 Å². The smallest absolute Gasteiger partial charge is 0.236 e. The van der Waals surface area contributed by atoms with Gasteiger partial charge in [0.05, 0.1) is 26.4 Å². The summed E-state index contributed by atoms with van der Waals surface area (Å²) in [5, 5.41) is 0. The maximum absolute atomic E-state index is 12.3. The summed E-state index contributed by atoms with van der Waals surface area (Å²) in [6, 6.07) is 20.5. The Balaban J connectivity index is 1.52. The average molecular weight is 368 g/mol. The van der Waals surface area contributed by atoms with E-state index in [9.17, 15) is 4.79 Å². The molecule has 0 unspecified atom stereocenters. The van der Waals surface area contributed by atoms with E-state index in [2.05, 4.69) is 24.3 Å². The number of benzene rings is 2. The summed E-state index contributed by atoms with van der Waals surface area (Å²) < 4.78 is 11.5. The number of hydrogen-bond donors (Lipinski definition) is 0. The summed E-state index contributed by atoms with van der Waals surface area (Å²) in [5.74, 6) is 0.156. The van der Waals surface area contributed by atoms with Crippen LogP contribution >= 0.6 is 0 Å². The lowest BCUT2D eigenvalue weighted by atomic mass is 10.0. The van der Waals surface area contributed by atoms with Crippen LogP contribution in [0.25, 0.3) is 0 Å². The fourth-order valence-electron chi connectivity index (χ4n) is 3.19. The number of ether oxygens (including phenoxy) is 2. The summed E-state index contributed by atoms with van der Waals surface area (Å²) in [5.41, 5.74) is 2.27. The lowest BCUT2D eigenvalue weighted by Crippen LogP contribution is -2.45. The number of morpholine rings is 1. The highest BCUT2D eigenvalue weighted by molar-refractivity contribution is 5.78. The standard InChI is InChI=1S/C22H28N2O3/c1-23(18-21(25)24-13-15-26-16-14-24)12-17-27-22(19-8-4-2-5-9-19)20-10-6-3-7-11-20/h2-11,22H,12-18H2,1H3. The van der Waals surface area contributed by atoms with Gasteiger partial charge >= 0.3 is 0 Å². The first-order valence-corrected chi connectivity index (χ1v) is 9.49. The van der Waals surface area contributed by atoms with Gasteiger partial charge in [0.2, 0.25) is 5.91 Å². The Bertz CT molecular complexity index is 648. The highest BCUT2D eigenvalue weighted by Crippen LogP contribution is 2.25. The number of amides is 1. The molecule has 144 valence electrons. The van der Waals surface area contributed by atoms with E-state index >= 15 is 0 Å². The minimum absolute atomic E-state index is 0.101. The van der Waals surface area contributed by atoms with Gasteiger partial charge in [0.1, 0.15) is 6.10 Å². The molecule has 0 saturated carbocycles. The number of hydrogen-bond acceptors (Lipinski definition) is 4. The molecule has 0 N–H and O–H groups in total. The van der Waals surface area contributed by atoms with Crippen molar-refractivity contribution in [3.63, 3.8) is 0 Å². The molecule has 1 saturated heterocycles. The Kier molecular flexibility index (Phi) is 7.39. The Morgan fingerprint density at radius 3 is 2.15 bits per heavy atom. The highest BCUT2D eigenvalue weighted by Gasteiger charge is 2.19. The molecule has 1 aliphatic rings. The van der Waals surface area contributed by atoms with Crippen LogP contribution in [0.1, 0.15) is 17.2 Å². The molecule has 0 spiro atoms. The quantitative estimate of drug-likeness (QED) is 0.718. The molecule has 0 atom stereocenters. The van der Waals surface area contributed by atoms with Crippen LogP contribution in [-0.4, -0.2) is 68.8 Å². The first kappa shape index (κ1) is 19.5. The van der Waals surface area contributed by atoms with Crippen molar-refractivity contribution >= 4 is 5.91 Å². The van der Waals surface area contributed by atoms with E-state index in [0.717, 1.165) is 11.1 Å². The topological polar surface area (TPSA) is 42.0 Å². The molecule has 0 bridgehead atoms. The molecule has 2 aromatic carbocycles. The molecule has 3 rings (SSSR count). The van der Waals surface area contributed by atoms with Gasteiger partial charge in [-0.2, -0.15) is 0 Å². The Hall–Kier alpha value is -2.21. The summed E-state index contributed by atoms with van der Waals surface area (Å²) in [6.07, 6.45) is -0.101. The van der Waals surface area contributed by atoms with Crippen molar-refractivity contribution in [2.75, 3.05) is 53.0 Å². The van der Waals surface area contributed by atoms with Crippen molar-refractivity contribution in [1.29, 1.82) is 0 Å². The number of carbonyl (C=O) groups excluding carboxylic acids is 1. The zero-order chi connectivity index (χ0) is 18.9. The monoisotopic (exact) mass is 368 g/mol. The Morgan fingerprint density at radius 1 is 1.04 bits per heavy atom. The molecule has 1 amide bonds. The van der Waals surface area contributed by atoms with Gasteiger partial charge in [-0.15, -0.1) is 0 Å². The van der Waals surface area contributed by atoms with Crippen molar-refractivity contribution < 1.29 is 14.3 Å². The highest BCUT2D eigenvalue weighted by atomic mass is 16.5. The largest absolute Gasteiger partial charge is 0.378 e. The van der Waals surface area contributed by atoms with E-state index in [1.165, 1.54) is 0 Å². The maximum atomic E-state index is 12.3. The van der Waals surface area contributed by atoms with Gasteiger partial charge in [-0.05, 0) is 18.2 Å². The second kappa shape index (κ2) is 10.2. The maximum Gasteiger partial charge on any atom is 0.236 e. The molecular weight excluding hydrogens is 340 g/mol. The summed E-state index contributed by atoms with van der Waals surface area (Å²) in [7, 11) is 1.96. The van der Waals surface area contributed by atoms with Gasteiger partial charge < -0.3 is 14.4 Å². The van der Waals surface area contributed by atoms with E-state index in [0.29, 0.717) is 46.0 Å². The molecule has 0 aliphatic carbocycles. The van der Waals surface area contributed by atoms with Crippen LogP contribution in [0.3, 0.4) is 0 Å². The van der Waals surface area contributed by atoms with Gasteiger partial charge in [-0.3, -0.25) is 9.69 Å². The molecule has 1 fully saturated rings. The second-order valence-corrected chi connectivity index (χ2v) is 6.80. The first-order valence-electron chi connectivity index (χ1n) is 9.49. The molecule has 0 aromatic heterocycles. The van der Waals surface area contributed by atoms with Crippen molar-refractivity contribution in [3.8, 4) is 0 Å². The summed E-state index contributed by atoms with van der Waals surface area (Å²) in [6.45, 7) is 4.31. The third kappa shape index (κ3) is 5.89. The third-order valence-electron chi connectivity index (χ3n) is 4.73. The first-order chi connectivity index (χ1) is 13.2. The van der Waals surface area contributed by atoms with Crippen LogP contribution in [0.5, 0.6) is 0 Å². The van der Waals surface area contributed by atoms with Gasteiger partial charge in [0.15, 0.2) is 0 Å². The molecule has 2 aromatic rings. The predicted molar refractivity (Wildman–Crippen MR) is 106 cm³/mol. The Labute approximate surface area is 161 Å². The summed E-state index contributed by atoms with van der Waals surface area (Å²) in [4.78, 5) is 16.2. The number of likely N-dealkylation sites (N-methyl/N-ethyl adjacent to an activating group) is 1. The molecule has 5 heteroatoms. The van der Waals surface area contributed by atoms with Crippen LogP contribution in [0, 0.1) is 0 Å². The summed E-state index contributed by atoms with van der Waals surface area (Å²) >= 11 is 0. The van der Waals surface area contributed by atoms with E-state index in [1.807, 2.05) is 53.2 Å². The van der Waals surface area contributed by atoms with E-state index in [1.54, 1.807) is 0 Å². The number of carbonyl (C=O) groups is 1. The van der Waals surface area contributed by atoms with Gasteiger partial charge in [0.25, 0.3) is 0 Å². The third-order valence-corrected chi connectivity index (χ3v) is 4.73. The molecule has 27 heavy (non-hydrogen) atoms. The molecule has 5 nitrogen and oxygen atoms in total. The fourth-order valence-corrected chi connectivity index (χ4v) is 3.19. The zero-order valence-electron chi connectivity index (χ0n) is 15.9. The van der Waals surface area contributed by atoms with Gasteiger partial charge in [0, 0.05) is 19.6 Å². The van der Waals surface area contributed by atoms with E-state index < -0.39 is 0 Å². The second-order valence-electron chi connectivity index (χ2n) is 6.80. The van der Waals surface area contributed by atoms with Crippen LogP contribution in [0.4, 0.5) is 0 Å². The van der Waals surface area contributed by atoms with E-state index in [-0.39, 0.29) is 12.0 Å². The minimum atomic E-state index is -0.101. The van der Waals surface area contributed by atoms with Gasteiger partial charge in [-0.25, -0.2) is 0 Å². The molecule has 1 heterocycles. The molecule has 0 radical (unpaired) electrons. The predicted octanol–water partition coefficient (Wildman–Crippen LogP) is 2.58. The number of nitrogens with zero attached hydrogens (tertiary/aromatic N) is 2. The van der Waals surface area contributed by atoms with Crippen LogP contribution in [0.15, 0.2) is 60.7 Å². The zero-order valence-corrected chi connectivity index (χ0v) is 15.9. The average Bonchev–Trinajstić information content (AvgIpc) is 2.73. The van der Waals surface area contributed by atoms with Crippen molar-refractivity contribution in [3.05, 3.63) is 71.8 Å². The minimum Gasteiger partial charge on any atom is -0.378 e. The Morgan fingerprint density at radius 2 is 1.59 bits per heavy atom. The molecular formula is C22H28N2O3. The molecule has 1 aliphatic heterocycles. The lowest BCUT2D eigenvalue weighted by Gasteiger charge is -2.29. The van der Waals surface area contributed by atoms with Crippen molar-refractivity contribution in [2.45, 2.75) is 6.10 Å².